The van der Waals surface area contributed by atoms with Crippen LogP contribution in [0.25, 0.3) is 0 Å². The average Bonchev–Trinajstić information content (AvgIpc) is 3.15. The fraction of sp³-hybridized carbons (Fsp3) is 0.842. The number of carbonyl (C=O) groups excluding carboxylic acids is 1. The molecule has 0 heterocycles. The lowest BCUT2D eigenvalue weighted by Crippen LogP contribution is -2.30. The summed E-state index contributed by atoms with van der Waals surface area (Å²) in [6.45, 7) is 7.19. The normalized spacial score (nSPS) is 47.3. The lowest BCUT2D eigenvalue weighted by molar-refractivity contribution is -0.172. The molecule has 6 unspecified atom stereocenters. The Morgan fingerprint density at radius 2 is 2.05 bits per heavy atom. The van der Waals surface area contributed by atoms with Crippen LogP contribution in [0.4, 0.5) is 0 Å². The van der Waals surface area contributed by atoms with E-state index in [4.69, 9.17) is 9.47 Å². The molecule has 0 aliphatic heterocycles. The average molecular weight is 304 g/mol. The first-order chi connectivity index (χ1) is 10.4. The van der Waals surface area contributed by atoms with Crippen molar-refractivity contribution >= 4 is 5.97 Å². The van der Waals surface area contributed by atoms with Gasteiger partial charge >= 0.3 is 5.97 Å². The Hall–Kier alpha value is -0.830. The predicted octanol–water partition coefficient (Wildman–Crippen LogP) is 3.93. The number of hydrogen-bond donors (Lipinski definition) is 0. The van der Waals surface area contributed by atoms with Crippen LogP contribution in [0.1, 0.15) is 52.9 Å². The van der Waals surface area contributed by atoms with Crippen molar-refractivity contribution in [3.05, 3.63) is 12.2 Å². The highest BCUT2D eigenvalue weighted by molar-refractivity contribution is 5.74. The van der Waals surface area contributed by atoms with E-state index in [9.17, 15) is 4.79 Å². The SMILES string of the molecule is CC1(C)CC2(C)CCC1C2OCOC(=O)C1CC2C=CC1C2. The van der Waals surface area contributed by atoms with Gasteiger partial charge < -0.3 is 9.47 Å². The number of hydrogen-bond acceptors (Lipinski definition) is 3. The molecule has 3 saturated carbocycles. The van der Waals surface area contributed by atoms with Gasteiger partial charge in [0.1, 0.15) is 0 Å². The van der Waals surface area contributed by atoms with Crippen LogP contribution in [0.5, 0.6) is 0 Å². The van der Waals surface area contributed by atoms with Crippen LogP contribution < -0.4 is 0 Å². The van der Waals surface area contributed by atoms with Gasteiger partial charge in [-0.1, -0.05) is 32.9 Å². The minimum absolute atomic E-state index is 0.0494. The van der Waals surface area contributed by atoms with Gasteiger partial charge in [0, 0.05) is 0 Å². The number of esters is 1. The summed E-state index contributed by atoms with van der Waals surface area (Å²) in [5.74, 6) is 1.66. The molecule has 3 fully saturated rings. The molecule has 0 saturated heterocycles. The van der Waals surface area contributed by atoms with Gasteiger partial charge in [0.25, 0.3) is 0 Å². The second-order valence-electron chi connectivity index (χ2n) is 9.02. The van der Waals surface area contributed by atoms with E-state index in [1.54, 1.807) is 0 Å². The third-order valence-electron chi connectivity index (χ3n) is 6.97. The molecule has 0 aromatic heterocycles. The minimum Gasteiger partial charge on any atom is -0.438 e. The van der Waals surface area contributed by atoms with Gasteiger partial charge in [-0.3, -0.25) is 4.79 Å². The van der Waals surface area contributed by atoms with E-state index in [2.05, 4.69) is 32.9 Å². The molecule has 4 bridgehead atoms. The van der Waals surface area contributed by atoms with Gasteiger partial charge in [0.15, 0.2) is 6.79 Å². The number of fused-ring (bicyclic) bond motifs is 4. The highest BCUT2D eigenvalue weighted by atomic mass is 16.7. The molecule has 3 nitrogen and oxygen atoms in total. The quantitative estimate of drug-likeness (QED) is 0.448. The molecule has 122 valence electrons. The van der Waals surface area contributed by atoms with E-state index in [1.165, 1.54) is 19.3 Å². The summed E-state index contributed by atoms with van der Waals surface area (Å²) >= 11 is 0. The van der Waals surface area contributed by atoms with Crippen LogP contribution >= 0.6 is 0 Å². The molecule has 3 heteroatoms. The maximum Gasteiger partial charge on any atom is 0.311 e. The van der Waals surface area contributed by atoms with Crippen molar-refractivity contribution in [3.63, 3.8) is 0 Å². The summed E-state index contributed by atoms with van der Waals surface area (Å²) in [6.07, 6.45) is 10.5. The monoisotopic (exact) mass is 304 g/mol. The Morgan fingerprint density at radius 3 is 2.59 bits per heavy atom. The molecule has 4 rings (SSSR count). The fourth-order valence-electron chi connectivity index (χ4n) is 6.07. The zero-order chi connectivity index (χ0) is 15.5. The summed E-state index contributed by atoms with van der Waals surface area (Å²) in [4.78, 5) is 12.3. The first-order valence-corrected chi connectivity index (χ1v) is 8.86. The highest BCUT2D eigenvalue weighted by Crippen LogP contribution is 2.63. The van der Waals surface area contributed by atoms with Crippen molar-refractivity contribution < 1.29 is 14.3 Å². The van der Waals surface area contributed by atoms with Crippen molar-refractivity contribution in [1.82, 2.24) is 0 Å². The number of ether oxygens (including phenoxy) is 2. The topological polar surface area (TPSA) is 35.5 Å². The standard InChI is InChI=1S/C19H28O3/c1-18(2)10-19(3)7-6-15(18)16(19)21-11-22-17(20)14-9-12-4-5-13(14)8-12/h4-5,12-16H,6-11H2,1-3H3. The molecular weight excluding hydrogens is 276 g/mol. The van der Waals surface area contributed by atoms with E-state index >= 15 is 0 Å². The maximum atomic E-state index is 12.3. The second-order valence-corrected chi connectivity index (χ2v) is 9.02. The molecule has 0 aromatic rings. The van der Waals surface area contributed by atoms with Crippen molar-refractivity contribution in [2.75, 3.05) is 6.79 Å². The molecule has 0 N–H and O–H groups in total. The minimum atomic E-state index is -0.0494. The van der Waals surface area contributed by atoms with E-state index in [-0.39, 0.29) is 30.2 Å². The predicted molar refractivity (Wildman–Crippen MR) is 83.9 cm³/mol. The first kappa shape index (κ1) is 14.7. The molecule has 0 spiro atoms. The molecule has 4 aliphatic rings. The van der Waals surface area contributed by atoms with E-state index < -0.39 is 0 Å². The molecular formula is C19H28O3. The van der Waals surface area contributed by atoms with Crippen molar-refractivity contribution in [3.8, 4) is 0 Å². The highest BCUT2D eigenvalue weighted by Gasteiger charge is 2.59. The molecule has 0 radical (unpaired) electrons. The lowest BCUT2D eigenvalue weighted by atomic mass is 9.73. The number of rotatable bonds is 4. The van der Waals surface area contributed by atoms with Crippen molar-refractivity contribution in [1.29, 1.82) is 0 Å². The lowest BCUT2D eigenvalue weighted by Gasteiger charge is -2.31. The number of allylic oxidation sites excluding steroid dienone is 2. The molecule has 4 aliphatic carbocycles. The smallest absolute Gasteiger partial charge is 0.311 e. The van der Waals surface area contributed by atoms with Crippen molar-refractivity contribution in [2.45, 2.75) is 59.0 Å². The van der Waals surface area contributed by atoms with Crippen LogP contribution in [0.15, 0.2) is 12.2 Å². The Labute approximate surface area is 133 Å². The first-order valence-electron chi connectivity index (χ1n) is 8.86. The molecule has 6 atom stereocenters. The van der Waals surface area contributed by atoms with Gasteiger partial charge in [0.2, 0.25) is 0 Å². The summed E-state index contributed by atoms with van der Waals surface area (Å²) in [7, 11) is 0. The van der Waals surface area contributed by atoms with Gasteiger partial charge in [-0.2, -0.15) is 0 Å². The van der Waals surface area contributed by atoms with E-state index in [1.807, 2.05) is 0 Å². The van der Waals surface area contributed by atoms with E-state index in [0.717, 1.165) is 12.8 Å². The summed E-state index contributed by atoms with van der Waals surface area (Å²) in [6, 6.07) is 0. The molecule has 0 amide bonds. The van der Waals surface area contributed by atoms with Crippen LogP contribution in [-0.4, -0.2) is 18.9 Å². The van der Waals surface area contributed by atoms with Crippen LogP contribution in [0, 0.1) is 34.5 Å². The molecule has 0 aromatic carbocycles. The van der Waals surface area contributed by atoms with Crippen LogP contribution in [0.2, 0.25) is 0 Å². The Bertz CT molecular complexity index is 509. The Balaban J connectivity index is 1.31. The van der Waals surface area contributed by atoms with Crippen molar-refractivity contribution in [2.24, 2.45) is 34.5 Å². The van der Waals surface area contributed by atoms with E-state index in [0.29, 0.717) is 23.2 Å². The van der Waals surface area contributed by atoms with Gasteiger partial charge in [-0.25, -0.2) is 0 Å². The zero-order valence-corrected chi connectivity index (χ0v) is 14.0. The third kappa shape index (κ3) is 2.16. The van der Waals surface area contributed by atoms with Gasteiger partial charge in [-0.05, 0) is 60.7 Å². The Kier molecular flexibility index (Phi) is 3.24. The van der Waals surface area contributed by atoms with Crippen LogP contribution in [-0.2, 0) is 14.3 Å². The zero-order valence-electron chi connectivity index (χ0n) is 14.0. The second kappa shape index (κ2) is 4.83. The Morgan fingerprint density at radius 1 is 1.23 bits per heavy atom. The number of carbonyl (C=O) groups is 1. The maximum absolute atomic E-state index is 12.3. The largest absolute Gasteiger partial charge is 0.438 e. The van der Waals surface area contributed by atoms with Gasteiger partial charge in [-0.15, -0.1) is 0 Å². The third-order valence-corrected chi connectivity index (χ3v) is 6.97. The summed E-state index contributed by atoms with van der Waals surface area (Å²) in [5, 5.41) is 0. The van der Waals surface area contributed by atoms with Gasteiger partial charge in [0.05, 0.1) is 12.0 Å². The summed E-state index contributed by atoms with van der Waals surface area (Å²) < 4.78 is 11.6. The fourth-order valence-corrected chi connectivity index (χ4v) is 6.07. The molecule has 22 heavy (non-hydrogen) atoms. The summed E-state index contributed by atoms with van der Waals surface area (Å²) in [5.41, 5.74) is 0.632. The van der Waals surface area contributed by atoms with Crippen LogP contribution in [0.3, 0.4) is 0 Å².